The van der Waals surface area contributed by atoms with E-state index in [0.29, 0.717) is 17.8 Å². The van der Waals surface area contributed by atoms with Crippen molar-refractivity contribution in [2.24, 2.45) is 0 Å². The Morgan fingerprint density at radius 2 is 1.95 bits per heavy atom. The van der Waals surface area contributed by atoms with E-state index in [0.717, 1.165) is 11.1 Å². The molecule has 4 nitrogen and oxygen atoms in total. The molecule has 0 saturated carbocycles. The molecule has 1 aromatic heterocycles. The standard InChI is InChI=1S/C16H15FN4/c1-11(16-18-20-21-19-16)9-12-7-8-14(15(17)10-12)13-5-3-2-4-6-13/h2-8,10-11H,9H2,1H3,(H,18,19,20,21). The Morgan fingerprint density at radius 3 is 2.62 bits per heavy atom. The highest BCUT2D eigenvalue weighted by Gasteiger charge is 2.13. The van der Waals surface area contributed by atoms with Crippen LogP contribution in [0.15, 0.2) is 48.5 Å². The van der Waals surface area contributed by atoms with E-state index in [1.165, 1.54) is 0 Å². The van der Waals surface area contributed by atoms with Crippen molar-refractivity contribution in [3.8, 4) is 11.1 Å². The van der Waals surface area contributed by atoms with Gasteiger partial charge in [0.15, 0.2) is 5.82 Å². The summed E-state index contributed by atoms with van der Waals surface area (Å²) >= 11 is 0. The van der Waals surface area contributed by atoms with Crippen molar-refractivity contribution in [2.75, 3.05) is 0 Å². The minimum Gasteiger partial charge on any atom is -0.206 e. The lowest BCUT2D eigenvalue weighted by atomic mass is 9.97. The number of aromatic nitrogens is 4. The second-order valence-corrected chi connectivity index (χ2v) is 5.06. The SMILES string of the molecule is CC(Cc1ccc(-c2ccccc2)c(F)c1)c1nn[nH]n1. The minimum atomic E-state index is -0.209. The number of rotatable bonds is 4. The summed E-state index contributed by atoms with van der Waals surface area (Å²) in [6.45, 7) is 1.99. The van der Waals surface area contributed by atoms with Crippen molar-refractivity contribution < 1.29 is 4.39 Å². The summed E-state index contributed by atoms with van der Waals surface area (Å²) in [5.74, 6) is 0.521. The molecule has 2 aromatic carbocycles. The lowest BCUT2D eigenvalue weighted by Crippen LogP contribution is -2.01. The van der Waals surface area contributed by atoms with Crippen molar-refractivity contribution in [3.05, 3.63) is 65.7 Å². The largest absolute Gasteiger partial charge is 0.206 e. The van der Waals surface area contributed by atoms with Crippen LogP contribution in [0.25, 0.3) is 11.1 Å². The number of H-pyrrole nitrogens is 1. The van der Waals surface area contributed by atoms with Gasteiger partial charge in [-0.2, -0.15) is 5.21 Å². The second kappa shape index (κ2) is 5.83. The van der Waals surface area contributed by atoms with Crippen LogP contribution in [0.4, 0.5) is 4.39 Å². The monoisotopic (exact) mass is 282 g/mol. The molecule has 0 aliphatic heterocycles. The number of nitrogens with one attached hydrogen (secondary N) is 1. The maximum absolute atomic E-state index is 14.3. The summed E-state index contributed by atoms with van der Waals surface area (Å²) in [4.78, 5) is 0. The molecule has 0 spiro atoms. The molecule has 0 bridgehead atoms. The first-order valence-corrected chi connectivity index (χ1v) is 6.81. The molecule has 0 fully saturated rings. The van der Waals surface area contributed by atoms with Gasteiger partial charge in [0.25, 0.3) is 0 Å². The smallest absolute Gasteiger partial charge is 0.177 e. The molecule has 0 amide bonds. The number of hydrogen-bond acceptors (Lipinski definition) is 3. The zero-order chi connectivity index (χ0) is 14.7. The van der Waals surface area contributed by atoms with E-state index in [1.807, 2.05) is 49.4 Å². The van der Waals surface area contributed by atoms with Gasteiger partial charge >= 0.3 is 0 Å². The molecule has 21 heavy (non-hydrogen) atoms. The Hall–Kier alpha value is -2.56. The van der Waals surface area contributed by atoms with Crippen LogP contribution in [0.2, 0.25) is 0 Å². The maximum atomic E-state index is 14.3. The molecule has 3 aromatic rings. The van der Waals surface area contributed by atoms with Gasteiger partial charge in [-0.3, -0.25) is 0 Å². The Kier molecular flexibility index (Phi) is 3.73. The van der Waals surface area contributed by atoms with Crippen molar-refractivity contribution in [3.63, 3.8) is 0 Å². The fraction of sp³-hybridized carbons (Fsp3) is 0.188. The fourth-order valence-corrected chi connectivity index (χ4v) is 2.36. The van der Waals surface area contributed by atoms with Crippen LogP contribution in [0.5, 0.6) is 0 Å². The predicted octanol–water partition coefficient (Wildman–Crippen LogP) is 3.35. The van der Waals surface area contributed by atoms with E-state index in [2.05, 4.69) is 20.6 Å². The third-order valence-corrected chi connectivity index (χ3v) is 3.46. The topological polar surface area (TPSA) is 54.5 Å². The summed E-state index contributed by atoms with van der Waals surface area (Å²) in [5, 5.41) is 13.9. The third-order valence-electron chi connectivity index (χ3n) is 3.46. The van der Waals surface area contributed by atoms with Crippen LogP contribution in [-0.2, 0) is 6.42 Å². The van der Waals surface area contributed by atoms with Gasteiger partial charge in [0.2, 0.25) is 0 Å². The zero-order valence-corrected chi connectivity index (χ0v) is 11.6. The van der Waals surface area contributed by atoms with Gasteiger partial charge in [-0.1, -0.05) is 54.6 Å². The summed E-state index contributed by atoms with van der Waals surface area (Å²) in [7, 11) is 0. The van der Waals surface area contributed by atoms with Gasteiger partial charge in [-0.25, -0.2) is 4.39 Å². The predicted molar refractivity (Wildman–Crippen MR) is 78.1 cm³/mol. The van der Waals surface area contributed by atoms with Crippen LogP contribution in [0.3, 0.4) is 0 Å². The van der Waals surface area contributed by atoms with Crippen molar-refractivity contribution >= 4 is 0 Å². The number of nitrogens with zero attached hydrogens (tertiary/aromatic N) is 3. The molecular weight excluding hydrogens is 267 g/mol. The average Bonchev–Trinajstić information content (AvgIpc) is 3.02. The van der Waals surface area contributed by atoms with Gasteiger partial charge in [0, 0.05) is 11.5 Å². The Balaban J connectivity index is 1.82. The van der Waals surface area contributed by atoms with Gasteiger partial charge in [0.1, 0.15) is 5.82 Å². The molecule has 1 heterocycles. The van der Waals surface area contributed by atoms with E-state index in [1.54, 1.807) is 6.07 Å². The second-order valence-electron chi connectivity index (χ2n) is 5.06. The highest BCUT2D eigenvalue weighted by molar-refractivity contribution is 5.64. The normalized spacial score (nSPS) is 12.3. The summed E-state index contributed by atoms with van der Waals surface area (Å²) < 4.78 is 14.3. The number of benzene rings is 2. The highest BCUT2D eigenvalue weighted by atomic mass is 19.1. The van der Waals surface area contributed by atoms with Crippen LogP contribution in [0.1, 0.15) is 24.2 Å². The fourth-order valence-electron chi connectivity index (χ4n) is 2.36. The molecule has 3 rings (SSSR count). The Morgan fingerprint density at radius 1 is 1.14 bits per heavy atom. The van der Waals surface area contributed by atoms with E-state index < -0.39 is 0 Å². The van der Waals surface area contributed by atoms with E-state index in [9.17, 15) is 4.39 Å². The number of halogens is 1. The number of aromatic amines is 1. The van der Waals surface area contributed by atoms with Crippen LogP contribution in [0, 0.1) is 5.82 Å². The number of hydrogen-bond donors (Lipinski definition) is 1. The Bertz CT molecular complexity index is 710. The van der Waals surface area contributed by atoms with E-state index in [-0.39, 0.29) is 11.7 Å². The molecule has 0 radical (unpaired) electrons. The molecule has 5 heteroatoms. The van der Waals surface area contributed by atoms with Gasteiger partial charge in [-0.05, 0) is 23.6 Å². The van der Waals surface area contributed by atoms with Crippen LogP contribution < -0.4 is 0 Å². The first-order chi connectivity index (χ1) is 10.2. The lowest BCUT2D eigenvalue weighted by molar-refractivity contribution is 0.624. The molecular formula is C16H15FN4. The summed E-state index contributed by atoms with van der Waals surface area (Å²) in [5.41, 5.74) is 2.42. The molecule has 1 atom stereocenters. The van der Waals surface area contributed by atoms with Crippen molar-refractivity contribution in [1.29, 1.82) is 0 Å². The summed E-state index contributed by atoms with van der Waals surface area (Å²) in [6.07, 6.45) is 0.672. The lowest BCUT2D eigenvalue weighted by Gasteiger charge is -2.09. The third kappa shape index (κ3) is 2.97. The molecule has 0 aliphatic carbocycles. The average molecular weight is 282 g/mol. The highest BCUT2D eigenvalue weighted by Crippen LogP contribution is 2.25. The minimum absolute atomic E-state index is 0.0886. The van der Waals surface area contributed by atoms with E-state index in [4.69, 9.17) is 0 Å². The maximum Gasteiger partial charge on any atom is 0.177 e. The molecule has 0 aliphatic rings. The van der Waals surface area contributed by atoms with Gasteiger partial charge in [0.05, 0.1) is 0 Å². The molecule has 0 saturated heterocycles. The quantitative estimate of drug-likeness (QED) is 0.798. The molecule has 1 N–H and O–H groups in total. The molecule has 106 valence electrons. The zero-order valence-electron chi connectivity index (χ0n) is 11.6. The Labute approximate surface area is 122 Å². The van der Waals surface area contributed by atoms with Gasteiger partial charge in [-0.15, -0.1) is 10.2 Å². The summed E-state index contributed by atoms with van der Waals surface area (Å²) in [6, 6.07) is 14.9. The van der Waals surface area contributed by atoms with Gasteiger partial charge < -0.3 is 0 Å². The van der Waals surface area contributed by atoms with E-state index >= 15 is 0 Å². The number of tetrazole rings is 1. The van der Waals surface area contributed by atoms with Crippen molar-refractivity contribution in [1.82, 2.24) is 20.6 Å². The van der Waals surface area contributed by atoms with Crippen LogP contribution >= 0.6 is 0 Å². The first-order valence-electron chi connectivity index (χ1n) is 6.81. The van der Waals surface area contributed by atoms with Crippen LogP contribution in [-0.4, -0.2) is 20.6 Å². The molecule has 1 unspecified atom stereocenters. The van der Waals surface area contributed by atoms with Crippen molar-refractivity contribution in [2.45, 2.75) is 19.3 Å². The first kappa shape index (κ1) is 13.4.